The van der Waals surface area contributed by atoms with Gasteiger partial charge in [-0.1, -0.05) is 23.7 Å². The van der Waals surface area contributed by atoms with Crippen molar-refractivity contribution in [2.45, 2.75) is 33.0 Å². The summed E-state index contributed by atoms with van der Waals surface area (Å²) in [6, 6.07) is 8.13. The van der Waals surface area contributed by atoms with Gasteiger partial charge in [0.25, 0.3) is 0 Å². The number of aromatic nitrogens is 3. The largest absolute Gasteiger partial charge is 0.303 e. The van der Waals surface area contributed by atoms with Gasteiger partial charge in [-0.25, -0.2) is 9.67 Å². The lowest BCUT2D eigenvalue weighted by Gasteiger charge is -2.14. The maximum Gasteiger partial charge on any atom is 0.140 e. The molecule has 4 nitrogen and oxygen atoms in total. The number of rotatable bonds is 5. The van der Waals surface area contributed by atoms with Crippen LogP contribution in [0.2, 0.25) is 5.02 Å². The van der Waals surface area contributed by atoms with Gasteiger partial charge in [0.1, 0.15) is 12.2 Å². The number of halogens is 1. The Hall–Kier alpha value is -1.39. The lowest BCUT2D eigenvalue weighted by Crippen LogP contribution is -2.20. The van der Waals surface area contributed by atoms with E-state index in [2.05, 4.69) is 29.2 Å². The first-order valence-electron chi connectivity index (χ1n) is 6.06. The lowest BCUT2D eigenvalue weighted by atomic mass is 10.1. The molecule has 2 aromatic rings. The minimum Gasteiger partial charge on any atom is -0.303 e. The zero-order chi connectivity index (χ0) is 13.0. The standard InChI is InChI=1S/C13H17ClN4/c1-3-18-13(16-9-17-18)8-15-10(2)11-4-6-12(14)7-5-11/h4-7,9-10,15H,3,8H2,1-2H3. The van der Waals surface area contributed by atoms with E-state index in [0.29, 0.717) is 6.54 Å². The van der Waals surface area contributed by atoms with Gasteiger partial charge in [-0.3, -0.25) is 0 Å². The molecule has 0 aliphatic carbocycles. The molecule has 5 heteroatoms. The molecule has 1 heterocycles. The summed E-state index contributed by atoms with van der Waals surface area (Å²) in [6.07, 6.45) is 1.59. The molecule has 0 saturated carbocycles. The van der Waals surface area contributed by atoms with Gasteiger partial charge in [-0.15, -0.1) is 0 Å². The van der Waals surface area contributed by atoms with Crippen molar-refractivity contribution < 1.29 is 0 Å². The second-order valence-corrected chi connectivity index (χ2v) is 4.58. The Labute approximate surface area is 112 Å². The number of benzene rings is 1. The number of hydrogen-bond acceptors (Lipinski definition) is 3. The van der Waals surface area contributed by atoms with Crippen molar-refractivity contribution in [3.8, 4) is 0 Å². The Bertz CT molecular complexity index is 492. The van der Waals surface area contributed by atoms with E-state index in [-0.39, 0.29) is 6.04 Å². The van der Waals surface area contributed by atoms with E-state index in [1.54, 1.807) is 6.33 Å². The van der Waals surface area contributed by atoms with Crippen LogP contribution >= 0.6 is 11.6 Å². The first-order valence-corrected chi connectivity index (χ1v) is 6.44. The summed E-state index contributed by atoms with van der Waals surface area (Å²) in [5, 5.41) is 8.33. The Morgan fingerprint density at radius 1 is 1.33 bits per heavy atom. The highest BCUT2D eigenvalue weighted by atomic mass is 35.5. The van der Waals surface area contributed by atoms with Gasteiger partial charge in [-0.2, -0.15) is 5.10 Å². The van der Waals surface area contributed by atoms with Crippen molar-refractivity contribution in [1.29, 1.82) is 0 Å². The van der Waals surface area contributed by atoms with E-state index < -0.39 is 0 Å². The molecule has 0 bridgehead atoms. The molecular weight excluding hydrogens is 248 g/mol. The fraction of sp³-hybridized carbons (Fsp3) is 0.385. The fourth-order valence-corrected chi connectivity index (χ4v) is 1.93. The topological polar surface area (TPSA) is 42.7 Å². The van der Waals surface area contributed by atoms with Gasteiger partial charge in [0, 0.05) is 17.6 Å². The third kappa shape index (κ3) is 3.09. The van der Waals surface area contributed by atoms with Gasteiger partial charge in [-0.05, 0) is 31.5 Å². The number of nitrogens with one attached hydrogen (secondary N) is 1. The molecule has 0 radical (unpaired) electrons. The Balaban J connectivity index is 1.96. The van der Waals surface area contributed by atoms with Crippen LogP contribution in [0, 0.1) is 0 Å². The van der Waals surface area contributed by atoms with Gasteiger partial charge in [0.15, 0.2) is 0 Å². The maximum atomic E-state index is 5.87. The normalized spacial score (nSPS) is 12.6. The van der Waals surface area contributed by atoms with Crippen LogP contribution in [0.5, 0.6) is 0 Å². The van der Waals surface area contributed by atoms with Crippen molar-refractivity contribution >= 4 is 11.6 Å². The van der Waals surface area contributed by atoms with Crippen LogP contribution in [-0.2, 0) is 13.1 Å². The molecule has 1 atom stereocenters. The third-order valence-electron chi connectivity index (χ3n) is 2.93. The van der Waals surface area contributed by atoms with Crippen LogP contribution in [-0.4, -0.2) is 14.8 Å². The summed E-state index contributed by atoms with van der Waals surface area (Å²) in [7, 11) is 0. The van der Waals surface area contributed by atoms with Crippen LogP contribution in [0.25, 0.3) is 0 Å². The van der Waals surface area contributed by atoms with Gasteiger partial charge < -0.3 is 5.32 Å². The molecule has 0 amide bonds. The molecule has 0 aliphatic heterocycles. The second kappa shape index (κ2) is 5.98. The molecule has 0 aliphatic rings. The summed E-state index contributed by atoms with van der Waals surface area (Å²) in [4.78, 5) is 4.24. The monoisotopic (exact) mass is 264 g/mol. The van der Waals surface area contributed by atoms with Crippen LogP contribution in [0.1, 0.15) is 31.3 Å². The number of hydrogen-bond donors (Lipinski definition) is 1. The maximum absolute atomic E-state index is 5.87. The van der Waals surface area contributed by atoms with E-state index in [4.69, 9.17) is 11.6 Å². The molecular formula is C13H17ClN4. The van der Waals surface area contributed by atoms with Crippen LogP contribution in [0.3, 0.4) is 0 Å². The van der Waals surface area contributed by atoms with E-state index in [0.717, 1.165) is 17.4 Å². The zero-order valence-electron chi connectivity index (χ0n) is 10.6. The average molecular weight is 265 g/mol. The average Bonchev–Trinajstić information content (AvgIpc) is 2.84. The molecule has 18 heavy (non-hydrogen) atoms. The van der Waals surface area contributed by atoms with E-state index in [1.165, 1.54) is 5.56 Å². The van der Waals surface area contributed by atoms with E-state index in [9.17, 15) is 0 Å². The molecule has 1 aromatic heterocycles. The lowest BCUT2D eigenvalue weighted by molar-refractivity contribution is 0.523. The summed E-state index contributed by atoms with van der Waals surface area (Å²) < 4.78 is 1.89. The summed E-state index contributed by atoms with van der Waals surface area (Å²) >= 11 is 5.87. The molecule has 0 fully saturated rings. The molecule has 0 spiro atoms. The zero-order valence-corrected chi connectivity index (χ0v) is 11.4. The molecule has 96 valence electrons. The van der Waals surface area contributed by atoms with Crippen molar-refractivity contribution in [3.05, 3.63) is 47.0 Å². The Morgan fingerprint density at radius 3 is 2.72 bits per heavy atom. The van der Waals surface area contributed by atoms with Crippen LogP contribution in [0.15, 0.2) is 30.6 Å². The predicted octanol–water partition coefficient (Wildman–Crippen LogP) is 2.80. The molecule has 2 rings (SSSR count). The first-order chi connectivity index (χ1) is 8.70. The number of aryl methyl sites for hydroxylation is 1. The molecule has 0 saturated heterocycles. The minimum atomic E-state index is 0.254. The van der Waals surface area contributed by atoms with Gasteiger partial charge in [0.2, 0.25) is 0 Å². The molecule has 1 N–H and O–H groups in total. The fourth-order valence-electron chi connectivity index (χ4n) is 1.80. The van der Waals surface area contributed by atoms with Crippen molar-refractivity contribution in [1.82, 2.24) is 20.1 Å². The number of nitrogens with zero attached hydrogens (tertiary/aromatic N) is 3. The molecule has 1 aromatic carbocycles. The Kier molecular flexibility index (Phi) is 4.33. The van der Waals surface area contributed by atoms with E-state index >= 15 is 0 Å². The summed E-state index contributed by atoms with van der Waals surface area (Å²) in [5.41, 5.74) is 1.21. The van der Waals surface area contributed by atoms with Crippen LogP contribution < -0.4 is 5.32 Å². The van der Waals surface area contributed by atoms with Crippen LogP contribution in [0.4, 0.5) is 0 Å². The highest BCUT2D eigenvalue weighted by molar-refractivity contribution is 6.30. The first kappa shape index (κ1) is 13.1. The highest BCUT2D eigenvalue weighted by Crippen LogP contribution is 2.16. The summed E-state index contributed by atoms with van der Waals surface area (Å²) in [6.45, 7) is 5.72. The molecule has 1 unspecified atom stereocenters. The van der Waals surface area contributed by atoms with Crippen molar-refractivity contribution in [3.63, 3.8) is 0 Å². The third-order valence-corrected chi connectivity index (χ3v) is 3.18. The predicted molar refractivity (Wildman–Crippen MR) is 72.4 cm³/mol. The summed E-state index contributed by atoms with van der Waals surface area (Å²) in [5.74, 6) is 0.957. The minimum absolute atomic E-state index is 0.254. The quantitative estimate of drug-likeness (QED) is 0.903. The Morgan fingerprint density at radius 2 is 2.06 bits per heavy atom. The SMILES string of the molecule is CCn1ncnc1CNC(C)c1ccc(Cl)cc1. The van der Waals surface area contributed by atoms with Crippen molar-refractivity contribution in [2.24, 2.45) is 0 Å². The second-order valence-electron chi connectivity index (χ2n) is 4.15. The van der Waals surface area contributed by atoms with Gasteiger partial charge >= 0.3 is 0 Å². The van der Waals surface area contributed by atoms with Gasteiger partial charge in [0.05, 0.1) is 6.54 Å². The van der Waals surface area contributed by atoms with E-state index in [1.807, 2.05) is 28.9 Å². The smallest absolute Gasteiger partial charge is 0.140 e. The van der Waals surface area contributed by atoms with Crippen molar-refractivity contribution in [2.75, 3.05) is 0 Å². The highest BCUT2D eigenvalue weighted by Gasteiger charge is 2.07.